The van der Waals surface area contributed by atoms with Crippen LogP contribution in [0, 0.1) is 5.41 Å². The maximum absolute atomic E-state index is 14.1. The summed E-state index contributed by atoms with van der Waals surface area (Å²) in [5.74, 6) is -0.510. The highest BCUT2D eigenvalue weighted by Crippen LogP contribution is 2.49. The molecule has 4 heterocycles. The summed E-state index contributed by atoms with van der Waals surface area (Å²) in [5, 5.41) is 9.59. The number of fused-ring (bicyclic) bond motifs is 11. The SMILES string of the molecule is CC(C)=C1CCc2ccc(cc2)CC2(CCCC2)CC(=O)O[C@@H]2c3c(ccc4cc(CCOCO)c(=O)oc34)OC(C)(C)[C@H]2OC1=O. The van der Waals surface area contributed by atoms with Gasteiger partial charge in [-0.15, -0.1) is 0 Å². The van der Waals surface area contributed by atoms with Gasteiger partial charge in [-0.3, -0.25) is 4.79 Å². The van der Waals surface area contributed by atoms with Gasteiger partial charge < -0.3 is 28.5 Å². The Hall–Kier alpha value is -3.95. The molecule has 3 aromatic rings. The van der Waals surface area contributed by atoms with Crippen molar-refractivity contribution in [3.63, 3.8) is 0 Å². The van der Waals surface area contributed by atoms with Crippen molar-refractivity contribution >= 4 is 22.9 Å². The molecular formula is C38H44O9. The van der Waals surface area contributed by atoms with Crippen molar-refractivity contribution in [2.45, 2.75) is 103 Å². The van der Waals surface area contributed by atoms with Gasteiger partial charge in [-0.1, -0.05) is 42.7 Å². The summed E-state index contributed by atoms with van der Waals surface area (Å²) in [6, 6.07) is 13.8. The summed E-state index contributed by atoms with van der Waals surface area (Å²) in [7, 11) is 0. The second-order valence-electron chi connectivity index (χ2n) is 14.0. The molecule has 0 unspecified atom stereocenters. The fourth-order valence-electron chi connectivity index (χ4n) is 7.49. The lowest BCUT2D eigenvalue weighted by molar-refractivity contribution is -0.189. The van der Waals surface area contributed by atoms with Gasteiger partial charge in [-0.2, -0.15) is 0 Å². The summed E-state index contributed by atoms with van der Waals surface area (Å²) < 4.78 is 30.1. The van der Waals surface area contributed by atoms with Gasteiger partial charge in [0.15, 0.2) is 12.2 Å². The Morgan fingerprint density at radius 3 is 2.36 bits per heavy atom. The summed E-state index contributed by atoms with van der Waals surface area (Å²) >= 11 is 0. The van der Waals surface area contributed by atoms with Crippen LogP contribution in [0.2, 0.25) is 0 Å². The van der Waals surface area contributed by atoms with Gasteiger partial charge in [-0.05, 0) is 94.5 Å². The van der Waals surface area contributed by atoms with Crippen LogP contribution < -0.4 is 10.4 Å². The topological polar surface area (TPSA) is 122 Å². The molecule has 1 fully saturated rings. The lowest BCUT2D eigenvalue weighted by Crippen LogP contribution is -2.52. The second-order valence-corrected chi connectivity index (χ2v) is 14.0. The van der Waals surface area contributed by atoms with E-state index < -0.39 is 42.2 Å². The van der Waals surface area contributed by atoms with Gasteiger partial charge in [0.2, 0.25) is 0 Å². The third-order valence-electron chi connectivity index (χ3n) is 9.99. The number of benzene rings is 2. The highest BCUT2D eigenvalue weighted by molar-refractivity contribution is 5.90. The van der Waals surface area contributed by atoms with E-state index in [0.717, 1.165) is 43.2 Å². The molecule has 1 aromatic heterocycles. The molecule has 2 aromatic carbocycles. The molecule has 2 atom stereocenters. The first-order valence-corrected chi connectivity index (χ1v) is 16.6. The molecule has 250 valence electrons. The van der Waals surface area contributed by atoms with Crippen LogP contribution in [0.1, 0.15) is 94.6 Å². The van der Waals surface area contributed by atoms with Crippen LogP contribution in [0.3, 0.4) is 0 Å². The van der Waals surface area contributed by atoms with E-state index in [1.165, 1.54) is 5.56 Å². The zero-order chi connectivity index (χ0) is 33.3. The number of aliphatic hydroxyl groups is 1. The number of allylic oxidation sites excluding steroid dienone is 1. The molecule has 1 N–H and O–H groups in total. The standard InChI is InChI=1S/C38H44O9/c1-23(2)28-13-11-24-7-9-25(10-8-24)20-38(16-5-6-17-38)21-30(40)44-33-31-29(47-37(3,4)34(33)46-36(28)42)14-12-26-19-27(15-18-43-22-39)35(41)45-32(26)31/h7-10,12,14,19,33-34,39H,5-6,11,13,15-18,20-22H2,1-4H3/t33-,34+/m1/s1. The molecule has 47 heavy (non-hydrogen) atoms. The molecular weight excluding hydrogens is 600 g/mol. The highest BCUT2D eigenvalue weighted by Gasteiger charge is 2.51. The smallest absolute Gasteiger partial charge is 0.339 e. The van der Waals surface area contributed by atoms with Gasteiger partial charge in [0, 0.05) is 22.9 Å². The van der Waals surface area contributed by atoms with Crippen molar-refractivity contribution in [1.29, 1.82) is 0 Å². The van der Waals surface area contributed by atoms with Crippen LogP contribution in [0.4, 0.5) is 0 Å². The molecule has 3 aliphatic heterocycles. The predicted octanol–water partition coefficient (Wildman–Crippen LogP) is 6.44. The van der Waals surface area contributed by atoms with Crippen LogP contribution >= 0.6 is 0 Å². The van der Waals surface area contributed by atoms with Gasteiger partial charge >= 0.3 is 17.6 Å². The Labute approximate surface area is 274 Å². The van der Waals surface area contributed by atoms with E-state index in [-0.39, 0.29) is 30.4 Å². The number of aryl methyl sites for hydroxylation is 1. The number of carbonyl (C=O) groups excluding carboxylic acids is 2. The Bertz CT molecular complexity index is 1740. The van der Waals surface area contributed by atoms with Crippen molar-refractivity contribution in [3.05, 3.63) is 86.3 Å². The number of esters is 2. The molecule has 0 amide bonds. The average Bonchev–Trinajstić information content (AvgIpc) is 3.46. The zero-order valence-corrected chi connectivity index (χ0v) is 27.7. The fourth-order valence-corrected chi connectivity index (χ4v) is 7.49. The van der Waals surface area contributed by atoms with E-state index in [0.29, 0.717) is 40.7 Å². The third kappa shape index (κ3) is 6.87. The Morgan fingerprint density at radius 2 is 1.66 bits per heavy atom. The molecule has 7 rings (SSSR count). The number of aliphatic hydroxyl groups excluding tert-OH is 1. The summed E-state index contributed by atoms with van der Waals surface area (Å²) in [6.45, 7) is 7.08. The first-order chi connectivity index (χ1) is 22.5. The fraction of sp³-hybridized carbons (Fsp3) is 0.500. The largest absolute Gasteiger partial charge is 0.483 e. The van der Waals surface area contributed by atoms with E-state index in [1.54, 1.807) is 32.0 Å². The number of hydrogen-bond donors (Lipinski definition) is 1. The minimum Gasteiger partial charge on any atom is -0.483 e. The number of rotatable bonds is 4. The van der Waals surface area contributed by atoms with Crippen molar-refractivity contribution in [1.82, 2.24) is 0 Å². The Kier molecular flexibility index (Phi) is 9.31. The number of hydrogen-bond acceptors (Lipinski definition) is 9. The van der Waals surface area contributed by atoms with Crippen LogP contribution in [-0.4, -0.2) is 42.1 Å². The van der Waals surface area contributed by atoms with Crippen molar-refractivity contribution < 1.29 is 38.1 Å². The van der Waals surface area contributed by atoms with Crippen molar-refractivity contribution in [3.8, 4) is 5.75 Å². The average molecular weight is 645 g/mol. The maximum atomic E-state index is 14.1. The predicted molar refractivity (Wildman–Crippen MR) is 175 cm³/mol. The number of carbonyl (C=O) groups is 2. The summed E-state index contributed by atoms with van der Waals surface area (Å²) in [6.07, 6.45) is 4.19. The minimum atomic E-state index is -1.10. The molecule has 4 aliphatic rings. The van der Waals surface area contributed by atoms with Crippen LogP contribution in [0.5, 0.6) is 5.75 Å². The zero-order valence-electron chi connectivity index (χ0n) is 27.7. The van der Waals surface area contributed by atoms with Gasteiger partial charge in [0.05, 0.1) is 18.6 Å². The Balaban J connectivity index is 1.47. The first-order valence-electron chi connectivity index (χ1n) is 16.6. The van der Waals surface area contributed by atoms with E-state index in [9.17, 15) is 14.4 Å². The van der Waals surface area contributed by atoms with Crippen molar-refractivity contribution in [2.24, 2.45) is 5.41 Å². The van der Waals surface area contributed by atoms with E-state index in [4.69, 9.17) is 28.5 Å². The molecule has 9 heteroatoms. The minimum absolute atomic E-state index is 0.145. The maximum Gasteiger partial charge on any atom is 0.339 e. The molecule has 0 saturated heterocycles. The Morgan fingerprint density at radius 1 is 0.936 bits per heavy atom. The monoisotopic (exact) mass is 644 g/mol. The lowest BCUT2D eigenvalue weighted by Gasteiger charge is -2.43. The summed E-state index contributed by atoms with van der Waals surface area (Å²) in [5.41, 5.74) is 2.74. The van der Waals surface area contributed by atoms with Gasteiger partial charge in [0.25, 0.3) is 0 Å². The normalized spacial score (nSPS) is 22.4. The second kappa shape index (κ2) is 13.3. The van der Waals surface area contributed by atoms with Crippen LogP contribution in [0.25, 0.3) is 11.0 Å². The molecule has 1 aliphatic carbocycles. The van der Waals surface area contributed by atoms with E-state index >= 15 is 0 Å². The third-order valence-corrected chi connectivity index (χ3v) is 9.99. The summed E-state index contributed by atoms with van der Waals surface area (Å²) in [4.78, 5) is 41.2. The van der Waals surface area contributed by atoms with Gasteiger partial charge in [-0.25, -0.2) is 9.59 Å². The van der Waals surface area contributed by atoms with Crippen LogP contribution in [0.15, 0.2) is 62.8 Å². The van der Waals surface area contributed by atoms with E-state index in [1.807, 2.05) is 13.8 Å². The van der Waals surface area contributed by atoms with E-state index in [2.05, 4.69) is 24.3 Å². The van der Waals surface area contributed by atoms with Crippen LogP contribution in [-0.2, 0) is 43.1 Å². The molecule has 1 saturated carbocycles. The quantitative estimate of drug-likeness (QED) is 0.112. The molecule has 0 radical (unpaired) electrons. The molecule has 1 spiro atoms. The lowest BCUT2D eigenvalue weighted by atomic mass is 9.77. The first kappa shape index (κ1) is 33.0. The molecule has 2 bridgehead atoms. The van der Waals surface area contributed by atoms with Crippen molar-refractivity contribution in [2.75, 3.05) is 13.4 Å². The highest BCUT2D eigenvalue weighted by atomic mass is 16.6. The molecule has 9 nitrogen and oxygen atoms in total. The number of ether oxygens (including phenoxy) is 4. The van der Waals surface area contributed by atoms with Gasteiger partial charge in [0.1, 0.15) is 23.7 Å².